The average Bonchev–Trinajstić information content (AvgIpc) is 2.70. The van der Waals surface area contributed by atoms with Crippen molar-refractivity contribution in [3.63, 3.8) is 0 Å². The Kier molecular flexibility index (Phi) is 13.3. The van der Waals surface area contributed by atoms with E-state index >= 15 is 0 Å². The van der Waals surface area contributed by atoms with Gasteiger partial charge in [0.05, 0.1) is 20.4 Å². The van der Waals surface area contributed by atoms with Gasteiger partial charge in [0, 0.05) is 22.4 Å². The molecule has 0 radical (unpaired) electrons. The molecule has 0 fully saturated rings. The van der Waals surface area contributed by atoms with Crippen molar-refractivity contribution >= 4 is 58.4 Å². The SMILES string of the molecule is Cc1ccc(C([O-])=Nc2ccc(S(=O)(=O)O)c3cc(S(=O)(=O)[O-])cc(S(=O)(=O)[O-])c23)cc1[N+](=O)[O-].[Na+].[Na+].[Na+]. The number of rotatable bonds is 6. The van der Waals surface area contributed by atoms with Crippen LogP contribution in [0.1, 0.15) is 11.1 Å². The second-order valence-corrected chi connectivity index (χ2v) is 11.1. The molecule has 0 saturated carbocycles. The molecule has 0 aromatic heterocycles. The van der Waals surface area contributed by atoms with Crippen molar-refractivity contribution in [2.75, 3.05) is 0 Å². The average molecular weight is 612 g/mol. The van der Waals surface area contributed by atoms with E-state index in [4.69, 9.17) is 0 Å². The van der Waals surface area contributed by atoms with E-state index in [1.54, 1.807) is 0 Å². The predicted molar refractivity (Wildman–Crippen MR) is 114 cm³/mol. The summed E-state index contributed by atoms with van der Waals surface area (Å²) in [6, 6.07) is 5.21. The van der Waals surface area contributed by atoms with Crippen LogP contribution in [0.2, 0.25) is 0 Å². The van der Waals surface area contributed by atoms with Crippen molar-refractivity contribution in [2.24, 2.45) is 4.99 Å². The van der Waals surface area contributed by atoms with Gasteiger partial charge in [0.15, 0.2) is 0 Å². The maximum atomic E-state index is 12.7. The Morgan fingerprint density at radius 3 is 1.92 bits per heavy atom. The van der Waals surface area contributed by atoms with Gasteiger partial charge in [-0.25, -0.2) is 16.8 Å². The van der Waals surface area contributed by atoms with Crippen LogP contribution >= 0.6 is 0 Å². The first-order chi connectivity index (χ1) is 15.9. The van der Waals surface area contributed by atoms with Crippen molar-refractivity contribution in [3.8, 4) is 0 Å². The molecule has 186 valence electrons. The standard InChI is InChI=1S/C18H14N2O12S3.3Na/c1-9-2-3-10(6-14(9)20(22)23)18(21)19-13-4-5-15(34(27,28)29)12-7-11(33(24,25)26)8-16(17(12)13)35(30,31)32;;;/h2-8H,1H3,(H,19,21)(H,24,25,26)(H,27,28,29)(H,30,31,32);;;/q;3*+1/p-3. The van der Waals surface area contributed by atoms with Gasteiger partial charge in [-0.15, -0.1) is 0 Å². The summed E-state index contributed by atoms with van der Waals surface area (Å²) >= 11 is 0. The Hall–Kier alpha value is -0.480. The van der Waals surface area contributed by atoms with Gasteiger partial charge in [0.1, 0.15) is 25.1 Å². The number of nitro benzene ring substituents is 1. The molecule has 3 aromatic rings. The predicted octanol–water partition coefficient (Wildman–Crippen LogP) is -8.44. The summed E-state index contributed by atoms with van der Waals surface area (Å²) in [4.78, 5) is 10.2. The molecule has 0 unspecified atom stereocenters. The van der Waals surface area contributed by atoms with Gasteiger partial charge in [-0.2, -0.15) is 8.42 Å². The maximum Gasteiger partial charge on any atom is 1.00 e. The number of aryl methyl sites for hydroxylation is 1. The van der Waals surface area contributed by atoms with Crippen molar-refractivity contribution in [1.29, 1.82) is 0 Å². The van der Waals surface area contributed by atoms with Gasteiger partial charge in [-0.1, -0.05) is 12.1 Å². The molecule has 14 nitrogen and oxygen atoms in total. The molecule has 38 heavy (non-hydrogen) atoms. The topological polar surface area (TPSA) is 247 Å². The van der Waals surface area contributed by atoms with Crippen LogP contribution in [0.5, 0.6) is 0 Å². The van der Waals surface area contributed by atoms with Crippen LogP contribution < -0.4 is 93.8 Å². The van der Waals surface area contributed by atoms with Crippen LogP contribution in [0.15, 0.2) is 62.1 Å². The van der Waals surface area contributed by atoms with E-state index in [-0.39, 0.29) is 106 Å². The normalized spacial score (nSPS) is 12.2. The molecule has 0 aliphatic carbocycles. The summed E-state index contributed by atoms with van der Waals surface area (Å²) in [7, 11) is -16.2. The summed E-state index contributed by atoms with van der Waals surface area (Å²) in [5.41, 5.74) is -1.23. The maximum absolute atomic E-state index is 12.7. The Labute approximate surface area is 282 Å². The van der Waals surface area contributed by atoms with E-state index < -0.39 is 78.0 Å². The minimum Gasteiger partial charge on any atom is -0.858 e. The number of aliphatic imine (C=N–C) groups is 1. The third-order valence-electron chi connectivity index (χ3n) is 4.70. The van der Waals surface area contributed by atoms with Crippen LogP contribution in [-0.4, -0.2) is 49.7 Å². The first-order valence-corrected chi connectivity index (χ1v) is 13.2. The van der Waals surface area contributed by atoms with E-state index in [2.05, 4.69) is 4.99 Å². The fourth-order valence-electron chi connectivity index (χ4n) is 3.15. The number of nitrogens with zero attached hydrogens (tertiary/aromatic N) is 2. The number of nitro groups is 1. The fraction of sp³-hybridized carbons (Fsp3) is 0.0556. The first kappa shape index (κ1) is 37.5. The molecule has 0 spiro atoms. The van der Waals surface area contributed by atoms with Crippen molar-refractivity contribution < 1.29 is 138 Å². The van der Waals surface area contributed by atoms with Crippen molar-refractivity contribution in [3.05, 3.63) is 63.7 Å². The van der Waals surface area contributed by atoms with Gasteiger partial charge < -0.3 is 14.2 Å². The molecule has 0 amide bonds. The molecular weight excluding hydrogens is 601 g/mol. The minimum atomic E-state index is -5.61. The zero-order chi connectivity index (χ0) is 26.5. The van der Waals surface area contributed by atoms with Crippen molar-refractivity contribution in [2.45, 2.75) is 21.6 Å². The summed E-state index contributed by atoms with van der Waals surface area (Å²) in [5, 5.41) is 22.0. The molecule has 0 saturated heterocycles. The summed E-state index contributed by atoms with van der Waals surface area (Å²) < 4.78 is 103. The van der Waals surface area contributed by atoms with E-state index in [0.29, 0.717) is 12.1 Å². The molecule has 0 aliphatic heterocycles. The number of hydrogen-bond donors (Lipinski definition) is 1. The Bertz CT molecular complexity index is 1780. The van der Waals surface area contributed by atoms with Crippen LogP contribution in [0.3, 0.4) is 0 Å². The van der Waals surface area contributed by atoms with Crippen molar-refractivity contribution in [1.82, 2.24) is 0 Å². The van der Waals surface area contributed by atoms with E-state index in [9.17, 15) is 54.1 Å². The Morgan fingerprint density at radius 1 is 0.868 bits per heavy atom. The molecule has 0 heterocycles. The molecule has 0 bridgehead atoms. The quantitative estimate of drug-likeness (QED) is 0.0681. The number of fused-ring (bicyclic) bond motifs is 1. The first-order valence-electron chi connectivity index (χ1n) is 8.92. The van der Waals surface area contributed by atoms with Gasteiger partial charge in [-0.05, 0) is 42.7 Å². The summed E-state index contributed by atoms with van der Waals surface area (Å²) in [5.74, 6) is -1.18. The molecule has 1 N–H and O–H groups in total. The molecule has 3 aromatic carbocycles. The van der Waals surface area contributed by atoms with Crippen LogP contribution in [0.25, 0.3) is 10.8 Å². The number of hydrogen-bond acceptors (Lipinski definition) is 12. The monoisotopic (exact) mass is 612 g/mol. The van der Waals surface area contributed by atoms with E-state index in [1.807, 2.05) is 0 Å². The van der Waals surface area contributed by atoms with Gasteiger partial charge in [0.2, 0.25) is 0 Å². The molecule has 0 atom stereocenters. The molecule has 3 rings (SSSR count). The molecule has 0 aliphatic rings. The van der Waals surface area contributed by atoms with Gasteiger partial charge in [0.25, 0.3) is 15.8 Å². The van der Waals surface area contributed by atoms with Crippen LogP contribution in [0, 0.1) is 17.0 Å². The second kappa shape index (κ2) is 13.5. The Morgan fingerprint density at radius 2 is 1.45 bits per heavy atom. The zero-order valence-electron chi connectivity index (χ0n) is 20.1. The summed E-state index contributed by atoms with van der Waals surface area (Å²) in [6.45, 7) is 1.40. The molecule has 20 heteroatoms. The van der Waals surface area contributed by atoms with E-state index in [1.165, 1.54) is 13.0 Å². The zero-order valence-corrected chi connectivity index (χ0v) is 28.5. The van der Waals surface area contributed by atoms with Crippen LogP contribution in [0.4, 0.5) is 11.4 Å². The number of benzene rings is 3. The van der Waals surface area contributed by atoms with E-state index in [0.717, 1.165) is 18.2 Å². The third kappa shape index (κ3) is 8.27. The smallest absolute Gasteiger partial charge is 0.858 e. The fourth-order valence-corrected chi connectivity index (χ4v) is 5.16. The largest absolute Gasteiger partial charge is 1.00 e. The van der Waals surface area contributed by atoms with Crippen LogP contribution in [-0.2, 0) is 30.4 Å². The minimum absolute atomic E-state index is 0. The van der Waals surface area contributed by atoms with Gasteiger partial charge >= 0.3 is 88.7 Å². The Balaban J connectivity index is 0.00000456. The van der Waals surface area contributed by atoms with Gasteiger partial charge in [-0.3, -0.25) is 19.7 Å². The second-order valence-electron chi connectivity index (χ2n) is 6.99. The summed E-state index contributed by atoms with van der Waals surface area (Å²) in [6.07, 6.45) is 0. The molecular formula is C18H11N2Na3O12S3. The third-order valence-corrected chi connectivity index (χ3v) is 7.29.